The van der Waals surface area contributed by atoms with Crippen LogP contribution in [-0.2, 0) is 9.47 Å². The third-order valence-electron chi connectivity index (χ3n) is 6.43. The number of likely N-dealkylation sites (tertiary alicyclic amines) is 1. The van der Waals surface area contributed by atoms with Crippen LogP contribution in [0, 0.1) is 5.41 Å². The molecule has 0 radical (unpaired) electrons. The van der Waals surface area contributed by atoms with E-state index in [9.17, 15) is 4.79 Å². The quantitative estimate of drug-likeness (QED) is 0.328. The van der Waals surface area contributed by atoms with E-state index in [1.54, 1.807) is 4.90 Å². The Morgan fingerprint density at radius 1 is 1.14 bits per heavy atom. The summed E-state index contributed by atoms with van der Waals surface area (Å²) in [6.45, 7) is 9.44. The molecule has 2 unspecified atom stereocenters. The highest BCUT2D eigenvalue weighted by atomic mass is 127. The summed E-state index contributed by atoms with van der Waals surface area (Å²) in [5.74, 6) is 0.915. The van der Waals surface area contributed by atoms with E-state index in [1.165, 1.54) is 19.3 Å². The second-order valence-corrected chi connectivity index (χ2v) is 7.89. The minimum absolute atomic E-state index is 0. The number of ether oxygens (including phenoxy) is 2. The van der Waals surface area contributed by atoms with Crippen molar-refractivity contribution in [3.05, 3.63) is 0 Å². The molecule has 3 aliphatic rings. The summed E-state index contributed by atoms with van der Waals surface area (Å²) in [5, 5.41) is 7.29. The highest BCUT2D eigenvalue weighted by molar-refractivity contribution is 14.0. The van der Waals surface area contributed by atoms with Gasteiger partial charge in [-0.25, -0.2) is 4.79 Å². The van der Waals surface area contributed by atoms with Crippen molar-refractivity contribution in [2.24, 2.45) is 10.4 Å². The van der Waals surface area contributed by atoms with Gasteiger partial charge >= 0.3 is 6.09 Å². The van der Waals surface area contributed by atoms with Gasteiger partial charge in [-0.15, -0.1) is 24.0 Å². The van der Waals surface area contributed by atoms with Crippen LogP contribution in [0.3, 0.4) is 0 Å². The molecule has 2 N–H and O–H groups in total. The summed E-state index contributed by atoms with van der Waals surface area (Å²) in [6.07, 6.45) is 6.94. The van der Waals surface area contributed by atoms with Gasteiger partial charge in [0.1, 0.15) is 0 Å². The summed E-state index contributed by atoms with van der Waals surface area (Å²) in [7, 11) is 0. The molecule has 3 fully saturated rings. The molecule has 1 saturated heterocycles. The maximum absolute atomic E-state index is 11.9. The average Bonchev–Trinajstić information content (AvgIpc) is 2.60. The molecule has 1 aliphatic heterocycles. The highest BCUT2D eigenvalue weighted by Crippen LogP contribution is 2.57. The molecule has 3 rings (SSSR count). The van der Waals surface area contributed by atoms with Gasteiger partial charge < -0.3 is 25.0 Å². The predicted molar refractivity (Wildman–Crippen MR) is 121 cm³/mol. The van der Waals surface area contributed by atoms with E-state index >= 15 is 0 Å². The van der Waals surface area contributed by atoms with E-state index < -0.39 is 0 Å². The summed E-state index contributed by atoms with van der Waals surface area (Å²) >= 11 is 0. The first kappa shape index (κ1) is 23.5. The number of halogens is 1. The van der Waals surface area contributed by atoms with Gasteiger partial charge in [0.25, 0.3) is 0 Å². The maximum Gasteiger partial charge on any atom is 0.409 e. The number of guanidine groups is 1. The van der Waals surface area contributed by atoms with Crippen molar-refractivity contribution < 1.29 is 14.3 Å². The van der Waals surface area contributed by atoms with Crippen LogP contribution in [0.5, 0.6) is 0 Å². The van der Waals surface area contributed by atoms with E-state index in [0.717, 1.165) is 51.5 Å². The third kappa shape index (κ3) is 5.04. The number of hydrogen-bond donors (Lipinski definition) is 2. The zero-order valence-electron chi connectivity index (χ0n) is 17.5. The van der Waals surface area contributed by atoms with Crippen molar-refractivity contribution in [3.8, 4) is 0 Å². The normalized spacial score (nSPS) is 26.7. The van der Waals surface area contributed by atoms with E-state index in [1.807, 2.05) is 6.92 Å². The fraction of sp³-hybridized carbons (Fsp3) is 0.900. The molecule has 2 saturated carbocycles. The lowest BCUT2D eigenvalue weighted by atomic mass is 9.51. The van der Waals surface area contributed by atoms with Crippen LogP contribution in [0.2, 0.25) is 0 Å². The first-order chi connectivity index (χ1) is 13.1. The fourth-order valence-electron chi connectivity index (χ4n) is 4.71. The Hall–Kier alpha value is -0.770. The number of nitrogens with zero attached hydrogens (tertiary/aromatic N) is 2. The second-order valence-electron chi connectivity index (χ2n) is 7.89. The van der Waals surface area contributed by atoms with Crippen LogP contribution in [0.1, 0.15) is 59.3 Å². The monoisotopic (exact) mass is 508 g/mol. The van der Waals surface area contributed by atoms with Crippen LogP contribution in [0.4, 0.5) is 4.79 Å². The Bertz CT molecular complexity index is 534. The molecule has 0 aromatic heterocycles. The van der Waals surface area contributed by atoms with Crippen LogP contribution < -0.4 is 10.6 Å². The summed E-state index contributed by atoms with van der Waals surface area (Å²) < 4.78 is 11.1. The molecule has 0 aromatic rings. The zero-order chi connectivity index (χ0) is 19.3. The number of piperidine rings is 1. The third-order valence-corrected chi connectivity index (χ3v) is 6.43. The first-order valence-corrected chi connectivity index (χ1v) is 10.7. The number of hydrogen-bond acceptors (Lipinski definition) is 4. The Kier molecular flexibility index (Phi) is 9.11. The van der Waals surface area contributed by atoms with Crippen molar-refractivity contribution >= 4 is 36.0 Å². The summed E-state index contributed by atoms with van der Waals surface area (Å²) in [5.41, 5.74) is 0.319. The van der Waals surface area contributed by atoms with E-state index in [4.69, 9.17) is 9.47 Å². The predicted octanol–water partition coefficient (Wildman–Crippen LogP) is 3.13. The second kappa shape index (κ2) is 10.8. The number of carbonyl (C=O) groups is 1. The molecule has 0 bridgehead atoms. The van der Waals surface area contributed by atoms with Crippen LogP contribution in [0.25, 0.3) is 0 Å². The topological polar surface area (TPSA) is 75.2 Å². The molecule has 1 heterocycles. The number of rotatable bonds is 6. The molecular weight excluding hydrogens is 471 g/mol. The molecular formula is C20H37IN4O3. The SMILES string of the molecule is CCN=C(NC1CCN(C(=O)OCC)CC1)NC1CC(OCC)C12CCC2.I. The van der Waals surface area contributed by atoms with Gasteiger partial charge in [0.2, 0.25) is 0 Å². The van der Waals surface area contributed by atoms with Gasteiger partial charge in [-0.05, 0) is 52.9 Å². The van der Waals surface area contributed by atoms with Crippen molar-refractivity contribution in [1.29, 1.82) is 0 Å². The van der Waals surface area contributed by atoms with Gasteiger partial charge in [-0.2, -0.15) is 0 Å². The first-order valence-electron chi connectivity index (χ1n) is 10.7. The van der Waals surface area contributed by atoms with Crippen molar-refractivity contribution in [1.82, 2.24) is 15.5 Å². The standard InChI is InChI=1S/C20H36N4O3.HI/c1-4-21-18(22-15-8-12-24(13-9-15)19(25)27-6-3)23-16-14-17(26-5-2)20(16)10-7-11-20;/h15-17H,4-14H2,1-3H3,(H2,21,22,23);1H. The van der Waals surface area contributed by atoms with Crippen molar-refractivity contribution in [2.45, 2.75) is 77.5 Å². The van der Waals surface area contributed by atoms with Crippen molar-refractivity contribution in [2.75, 3.05) is 32.8 Å². The molecule has 162 valence electrons. The highest BCUT2D eigenvalue weighted by Gasteiger charge is 2.59. The van der Waals surface area contributed by atoms with E-state index in [2.05, 4.69) is 29.5 Å². The minimum Gasteiger partial charge on any atom is -0.450 e. The van der Waals surface area contributed by atoms with Gasteiger partial charge in [-0.1, -0.05) is 6.42 Å². The fourth-order valence-corrected chi connectivity index (χ4v) is 4.71. The van der Waals surface area contributed by atoms with Crippen LogP contribution in [-0.4, -0.2) is 68.0 Å². The smallest absolute Gasteiger partial charge is 0.409 e. The molecule has 2 atom stereocenters. The van der Waals surface area contributed by atoms with Gasteiger partial charge in [0.05, 0.1) is 12.7 Å². The van der Waals surface area contributed by atoms with Gasteiger partial charge in [0, 0.05) is 43.7 Å². The zero-order valence-corrected chi connectivity index (χ0v) is 19.9. The molecule has 28 heavy (non-hydrogen) atoms. The van der Waals surface area contributed by atoms with Gasteiger partial charge in [-0.3, -0.25) is 4.99 Å². The molecule has 0 aromatic carbocycles. The summed E-state index contributed by atoms with van der Waals surface area (Å²) in [4.78, 5) is 18.3. The molecule has 8 heteroatoms. The summed E-state index contributed by atoms with van der Waals surface area (Å²) in [6, 6.07) is 0.800. The Morgan fingerprint density at radius 3 is 2.39 bits per heavy atom. The number of aliphatic imine (C=N–C) groups is 1. The molecule has 1 amide bonds. The Morgan fingerprint density at radius 2 is 1.86 bits per heavy atom. The molecule has 2 aliphatic carbocycles. The van der Waals surface area contributed by atoms with Gasteiger partial charge in [0.15, 0.2) is 5.96 Å². The number of amides is 1. The van der Waals surface area contributed by atoms with E-state index in [-0.39, 0.29) is 30.1 Å². The van der Waals surface area contributed by atoms with Crippen LogP contribution >= 0.6 is 24.0 Å². The largest absolute Gasteiger partial charge is 0.450 e. The number of nitrogens with one attached hydrogen (secondary N) is 2. The molecule has 7 nitrogen and oxygen atoms in total. The van der Waals surface area contributed by atoms with E-state index in [0.29, 0.717) is 30.2 Å². The lowest BCUT2D eigenvalue weighted by Gasteiger charge is -2.61. The lowest BCUT2D eigenvalue weighted by Crippen LogP contribution is -2.69. The van der Waals surface area contributed by atoms with Crippen molar-refractivity contribution in [3.63, 3.8) is 0 Å². The van der Waals surface area contributed by atoms with Crippen LogP contribution in [0.15, 0.2) is 4.99 Å². The minimum atomic E-state index is -0.195. The Labute approximate surface area is 186 Å². The Balaban J connectivity index is 0.00000280. The maximum atomic E-state index is 11.9. The lowest BCUT2D eigenvalue weighted by molar-refractivity contribution is -0.168. The molecule has 1 spiro atoms. The average molecular weight is 508 g/mol. The number of carbonyl (C=O) groups excluding carboxylic acids is 1.